The fraction of sp³-hybridized carbons (Fsp3) is 0.250. The number of nitrogens with one attached hydrogen (secondary N) is 1. The Morgan fingerprint density at radius 1 is 1.18 bits per heavy atom. The Bertz CT molecular complexity index is 975. The van der Waals surface area contributed by atoms with E-state index in [0.717, 1.165) is 32.6 Å². The van der Waals surface area contributed by atoms with Crippen LogP contribution in [0.15, 0.2) is 24.8 Å². The molecule has 0 unspecified atom stereocenters. The van der Waals surface area contributed by atoms with Crippen molar-refractivity contribution in [2.24, 2.45) is 0 Å². The molecule has 1 amide bonds. The molecule has 3 aromatic rings. The molecule has 1 N–H and O–H groups in total. The second-order valence-corrected chi connectivity index (χ2v) is 7.74. The van der Waals surface area contributed by atoms with Gasteiger partial charge in [0.05, 0.1) is 26.9 Å². The van der Waals surface area contributed by atoms with E-state index >= 15 is 0 Å². The molecule has 3 rings (SSSR count). The highest BCUT2D eigenvalue weighted by Gasteiger charge is 2.19. The van der Waals surface area contributed by atoms with Gasteiger partial charge < -0.3 is 5.32 Å². The van der Waals surface area contributed by atoms with E-state index in [-0.39, 0.29) is 5.56 Å². The number of carbonyl (C=O) groups excluding carboxylic acids is 1. The van der Waals surface area contributed by atoms with Crippen molar-refractivity contribution in [1.82, 2.24) is 9.97 Å². The lowest BCUT2D eigenvalue weighted by atomic mass is 10.1. The van der Waals surface area contributed by atoms with E-state index < -0.39 is 24.0 Å². The normalized spacial score (nSPS) is 10.2. The molecule has 0 saturated heterocycles. The van der Waals surface area contributed by atoms with E-state index in [1.807, 2.05) is 27.7 Å². The molecule has 2 aromatic heterocycles. The van der Waals surface area contributed by atoms with Crippen molar-refractivity contribution >= 4 is 39.8 Å². The molecule has 0 bridgehead atoms. The van der Waals surface area contributed by atoms with Crippen LogP contribution in [-0.4, -0.2) is 15.9 Å². The Kier molecular flexibility index (Phi) is 7.53. The molecule has 28 heavy (non-hydrogen) atoms. The minimum atomic E-state index is -0.748. The number of aromatic nitrogens is 2. The van der Waals surface area contributed by atoms with Crippen LogP contribution in [-0.2, 0) is 11.2 Å². The zero-order valence-electron chi connectivity index (χ0n) is 16.1. The van der Waals surface area contributed by atoms with Gasteiger partial charge >= 0.3 is 0 Å². The van der Waals surface area contributed by atoms with E-state index in [1.165, 1.54) is 28.7 Å². The van der Waals surface area contributed by atoms with Gasteiger partial charge in [0.25, 0.3) is 0 Å². The monoisotopic (exact) mass is 421 g/mol. The molecule has 0 radical (unpaired) electrons. The lowest BCUT2D eigenvalue weighted by Crippen LogP contribution is -2.16. The molecule has 4 nitrogen and oxygen atoms in total. The number of aryl methyl sites for hydroxylation is 2. The number of halogens is 2. The van der Waals surface area contributed by atoms with E-state index in [4.69, 9.17) is 0 Å². The van der Waals surface area contributed by atoms with E-state index in [1.54, 1.807) is 6.08 Å². The van der Waals surface area contributed by atoms with Crippen molar-refractivity contribution in [3.63, 3.8) is 0 Å². The molecule has 2 heterocycles. The van der Waals surface area contributed by atoms with Crippen molar-refractivity contribution < 1.29 is 13.6 Å². The number of nitrogens with zero attached hydrogens (tertiary/aromatic N) is 2. The average Bonchev–Trinajstić information content (AvgIpc) is 3.21. The Hall–Kier alpha value is -2.45. The third-order valence-corrected chi connectivity index (χ3v) is 5.65. The highest BCUT2D eigenvalue weighted by atomic mass is 32.1. The topological polar surface area (TPSA) is 54.9 Å². The van der Waals surface area contributed by atoms with Gasteiger partial charge in [-0.1, -0.05) is 37.8 Å². The number of amides is 1. The molecule has 0 aliphatic carbocycles. The third-order valence-electron chi connectivity index (χ3n) is 3.60. The first kappa shape index (κ1) is 21.8. The van der Waals surface area contributed by atoms with E-state index in [2.05, 4.69) is 21.9 Å². The van der Waals surface area contributed by atoms with E-state index in [0.29, 0.717) is 10.8 Å². The van der Waals surface area contributed by atoms with Gasteiger partial charge in [0.15, 0.2) is 5.13 Å². The number of anilines is 1. The number of hydrogen-bond acceptors (Lipinski definition) is 5. The number of thiazole rings is 2. The summed E-state index contributed by atoms with van der Waals surface area (Å²) in [6.45, 7) is 11.6. The number of rotatable bonds is 5. The summed E-state index contributed by atoms with van der Waals surface area (Å²) in [6, 6.07) is 3.50. The Morgan fingerprint density at radius 3 is 2.36 bits per heavy atom. The smallest absolute Gasteiger partial charge is 0.230 e. The number of benzene rings is 1. The molecule has 0 aliphatic heterocycles. The fourth-order valence-corrected chi connectivity index (χ4v) is 4.29. The third kappa shape index (κ3) is 4.88. The summed E-state index contributed by atoms with van der Waals surface area (Å²) in [5, 5.41) is 3.87. The Morgan fingerprint density at radius 2 is 1.82 bits per heavy atom. The summed E-state index contributed by atoms with van der Waals surface area (Å²) in [5.41, 5.74) is 1.28. The summed E-state index contributed by atoms with van der Waals surface area (Å²) in [7, 11) is 0. The van der Waals surface area contributed by atoms with Gasteiger partial charge in [0.2, 0.25) is 5.91 Å². The van der Waals surface area contributed by atoms with Gasteiger partial charge in [-0.2, -0.15) is 0 Å². The summed E-state index contributed by atoms with van der Waals surface area (Å²) >= 11 is 2.76. The summed E-state index contributed by atoms with van der Waals surface area (Å²) in [6.07, 6.45) is 1.25. The van der Waals surface area contributed by atoms with Crippen molar-refractivity contribution in [1.29, 1.82) is 0 Å². The van der Waals surface area contributed by atoms with Crippen LogP contribution in [0.4, 0.5) is 13.9 Å². The first-order valence-corrected chi connectivity index (χ1v) is 10.3. The van der Waals surface area contributed by atoms with Crippen LogP contribution in [0.5, 0.6) is 0 Å². The maximum Gasteiger partial charge on any atom is 0.230 e. The molecule has 0 atom stereocenters. The SMILES string of the molecule is C=Cc1sc(NC(=O)Cc2c(F)cccc2F)nc1-c1sc(C)nc1C.CC. The molecule has 0 spiro atoms. The second kappa shape index (κ2) is 9.66. The predicted octanol–water partition coefficient (Wildman–Crippen LogP) is 6.01. The number of hydrogen-bond donors (Lipinski definition) is 1. The van der Waals surface area contributed by atoms with Crippen LogP contribution in [0.25, 0.3) is 16.6 Å². The van der Waals surface area contributed by atoms with Crippen molar-refractivity contribution in [2.45, 2.75) is 34.1 Å². The van der Waals surface area contributed by atoms with Gasteiger partial charge in [-0.15, -0.1) is 11.3 Å². The Balaban J connectivity index is 0.00000136. The van der Waals surface area contributed by atoms with Crippen molar-refractivity contribution in [3.05, 3.63) is 57.6 Å². The van der Waals surface area contributed by atoms with Crippen LogP contribution in [0, 0.1) is 25.5 Å². The Labute approximate surface area is 171 Å². The maximum absolute atomic E-state index is 13.7. The second-order valence-electron chi connectivity index (χ2n) is 5.51. The maximum atomic E-state index is 13.7. The average molecular weight is 422 g/mol. The lowest BCUT2D eigenvalue weighted by molar-refractivity contribution is -0.115. The lowest BCUT2D eigenvalue weighted by Gasteiger charge is -2.04. The van der Waals surface area contributed by atoms with Gasteiger partial charge in [0, 0.05) is 5.56 Å². The quantitative estimate of drug-likeness (QED) is 0.549. The molecular weight excluding hydrogens is 400 g/mol. The van der Waals surface area contributed by atoms with Crippen LogP contribution >= 0.6 is 22.7 Å². The van der Waals surface area contributed by atoms with Gasteiger partial charge in [-0.3, -0.25) is 4.79 Å². The molecule has 148 valence electrons. The van der Waals surface area contributed by atoms with Gasteiger partial charge in [0.1, 0.15) is 17.3 Å². The predicted molar refractivity (Wildman–Crippen MR) is 113 cm³/mol. The summed E-state index contributed by atoms with van der Waals surface area (Å²) in [5.74, 6) is -2.04. The number of carbonyl (C=O) groups is 1. The fourth-order valence-electron chi connectivity index (χ4n) is 2.46. The largest absolute Gasteiger partial charge is 0.302 e. The first-order valence-electron chi connectivity index (χ1n) is 8.69. The highest BCUT2D eigenvalue weighted by molar-refractivity contribution is 7.18. The molecule has 0 saturated carbocycles. The molecular formula is C20H21F2N3OS2. The first-order chi connectivity index (χ1) is 13.4. The van der Waals surface area contributed by atoms with Gasteiger partial charge in [-0.25, -0.2) is 18.7 Å². The van der Waals surface area contributed by atoms with Crippen molar-refractivity contribution in [3.8, 4) is 10.6 Å². The molecule has 8 heteroatoms. The molecule has 1 aromatic carbocycles. The van der Waals surface area contributed by atoms with Crippen LogP contribution in [0.1, 0.15) is 35.0 Å². The standard InChI is InChI=1S/C18H15F2N3OS2.C2H6/c1-4-14-16(17-9(2)21-10(3)25-17)23-18(26-14)22-15(24)8-11-12(19)6-5-7-13(11)20;1-2/h4-7H,1,8H2,2-3H3,(H,22,23,24);1-2H3. The van der Waals surface area contributed by atoms with Crippen molar-refractivity contribution in [2.75, 3.05) is 5.32 Å². The highest BCUT2D eigenvalue weighted by Crippen LogP contribution is 2.37. The zero-order chi connectivity index (χ0) is 20.8. The van der Waals surface area contributed by atoms with Crippen LogP contribution in [0.2, 0.25) is 0 Å². The molecule has 0 fully saturated rings. The minimum absolute atomic E-state index is 0.264. The van der Waals surface area contributed by atoms with Crippen LogP contribution in [0.3, 0.4) is 0 Å². The minimum Gasteiger partial charge on any atom is -0.302 e. The molecule has 0 aliphatic rings. The van der Waals surface area contributed by atoms with E-state index in [9.17, 15) is 13.6 Å². The van der Waals surface area contributed by atoms with Crippen LogP contribution < -0.4 is 5.32 Å². The zero-order valence-corrected chi connectivity index (χ0v) is 17.7. The van der Waals surface area contributed by atoms with Gasteiger partial charge in [-0.05, 0) is 32.1 Å². The summed E-state index contributed by atoms with van der Waals surface area (Å²) < 4.78 is 27.4. The summed E-state index contributed by atoms with van der Waals surface area (Å²) in [4.78, 5) is 22.7.